The van der Waals surface area contributed by atoms with Crippen molar-refractivity contribution in [3.63, 3.8) is 0 Å². The standard InChI is InChI=1S/C16H23N3O3/c20-12-15-11-19(16(21)13-1-3-17-4-2-13)10-14(15)9-18-5-7-22-8-6-18/h1-4,14-15,20H,5-12H2/t14-,15-/m0/s1. The number of aliphatic hydroxyl groups is 1. The predicted molar refractivity (Wildman–Crippen MR) is 81.5 cm³/mol. The van der Waals surface area contributed by atoms with Crippen molar-refractivity contribution in [3.8, 4) is 0 Å². The molecule has 0 aliphatic carbocycles. The molecule has 0 saturated carbocycles. The molecule has 0 bridgehead atoms. The van der Waals surface area contributed by atoms with Gasteiger partial charge >= 0.3 is 0 Å². The van der Waals surface area contributed by atoms with E-state index in [-0.39, 0.29) is 18.4 Å². The number of amides is 1. The molecule has 2 fully saturated rings. The van der Waals surface area contributed by atoms with Gasteiger partial charge in [-0.1, -0.05) is 0 Å². The summed E-state index contributed by atoms with van der Waals surface area (Å²) < 4.78 is 5.37. The molecule has 3 heterocycles. The zero-order valence-electron chi connectivity index (χ0n) is 12.7. The molecule has 120 valence electrons. The third-order valence-electron chi connectivity index (χ3n) is 4.62. The number of hydrogen-bond donors (Lipinski definition) is 1. The molecule has 2 aliphatic heterocycles. The molecule has 6 heteroatoms. The van der Waals surface area contributed by atoms with Crippen LogP contribution in [0.25, 0.3) is 0 Å². The number of morpholine rings is 1. The van der Waals surface area contributed by atoms with Gasteiger partial charge in [0.05, 0.1) is 13.2 Å². The minimum atomic E-state index is 0.0327. The van der Waals surface area contributed by atoms with Crippen LogP contribution in [0, 0.1) is 11.8 Å². The number of ether oxygens (including phenoxy) is 1. The van der Waals surface area contributed by atoms with Gasteiger partial charge in [0.15, 0.2) is 0 Å². The summed E-state index contributed by atoms with van der Waals surface area (Å²) in [6.07, 6.45) is 3.27. The molecule has 6 nitrogen and oxygen atoms in total. The van der Waals surface area contributed by atoms with E-state index in [1.807, 2.05) is 4.90 Å². The molecule has 0 unspecified atom stereocenters. The van der Waals surface area contributed by atoms with Gasteiger partial charge in [-0.25, -0.2) is 0 Å². The van der Waals surface area contributed by atoms with Gasteiger partial charge in [-0.15, -0.1) is 0 Å². The zero-order valence-corrected chi connectivity index (χ0v) is 12.7. The highest BCUT2D eigenvalue weighted by Crippen LogP contribution is 2.25. The van der Waals surface area contributed by atoms with E-state index in [1.54, 1.807) is 24.5 Å². The van der Waals surface area contributed by atoms with Crippen molar-refractivity contribution in [1.82, 2.24) is 14.8 Å². The van der Waals surface area contributed by atoms with Crippen molar-refractivity contribution in [2.24, 2.45) is 11.8 Å². The number of carbonyl (C=O) groups excluding carboxylic acids is 1. The van der Waals surface area contributed by atoms with E-state index in [4.69, 9.17) is 4.74 Å². The molecule has 1 aromatic rings. The highest BCUT2D eigenvalue weighted by atomic mass is 16.5. The summed E-state index contributed by atoms with van der Waals surface area (Å²) in [4.78, 5) is 20.7. The number of carbonyl (C=O) groups is 1. The van der Waals surface area contributed by atoms with Crippen LogP contribution in [0.1, 0.15) is 10.4 Å². The molecular formula is C16H23N3O3. The molecule has 2 aliphatic rings. The predicted octanol–water partition coefficient (Wildman–Crippen LogP) is 0.0943. The van der Waals surface area contributed by atoms with Crippen LogP contribution in [-0.4, -0.2) is 78.3 Å². The first-order valence-corrected chi connectivity index (χ1v) is 7.88. The van der Waals surface area contributed by atoms with Crippen molar-refractivity contribution in [3.05, 3.63) is 30.1 Å². The summed E-state index contributed by atoms with van der Waals surface area (Å²) in [5.74, 6) is 0.521. The Labute approximate surface area is 130 Å². The fourth-order valence-corrected chi connectivity index (χ4v) is 3.31. The van der Waals surface area contributed by atoms with Gasteiger partial charge in [0, 0.05) is 63.2 Å². The lowest BCUT2D eigenvalue weighted by atomic mass is 9.96. The Morgan fingerprint density at radius 3 is 2.59 bits per heavy atom. The fraction of sp³-hybridized carbons (Fsp3) is 0.625. The van der Waals surface area contributed by atoms with Crippen LogP contribution in [0.4, 0.5) is 0 Å². The van der Waals surface area contributed by atoms with Crippen LogP contribution >= 0.6 is 0 Å². The summed E-state index contributed by atoms with van der Waals surface area (Å²) in [5, 5.41) is 9.64. The number of nitrogens with zero attached hydrogens (tertiary/aromatic N) is 3. The molecule has 3 rings (SSSR count). The van der Waals surface area contributed by atoms with E-state index in [0.29, 0.717) is 24.6 Å². The highest BCUT2D eigenvalue weighted by molar-refractivity contribution is 5.94. The van der Waals surface area contributed by atoms with Gasteiger partial charge < -0.3 is 14.7 Å². The molecule has 0 radical (unpaired) electrons. The fourth-order valence-electron chi connectivity index (χ4n) is 3.31. The van der Waals surface area contributed by atoms with Crippen LogP contribution in [-0.2, 0) is 4.74 Å². The number of aliphatic hydroxyl groups excluding tert-OH is 1. The highest BCUT2D eigenvalue weighted by Gasteiger charge is 2.36. The summed E-state index contributed by atoms with van der Waals surface area (Å²) >= 11 is 0. The summed E-state index contributed by atoms with van der Waals surface area (Å²) in [6, 6.07) is 3.48. The maximum Gasteiger partial charge on any atom is 0.253 e. The topological polar surface area (TPSA) is 65.9 Å². The van der Waals surface area contributed by atoms with Crippen molar-refractivity contribution >= 4 is 5.91 Å². The van der Waals surface area contributed by atoms with E-state index in [9.17, 15) is 9.90 Å². The molecule has 1 amide bonds. The van der Waals surface area contributed by atoms with Crippen LogP contribution in [0.5, 0.6) is 0 Å². The monoisotopic (exact) mass is 305 g/mol. The quantitative estimate of drug-likeness (QED) is 0.854. The zero-order chi connectivity index (χ0) is 15.4. The summed E-state index contributed by atoms with van der Waals surface area (Å²) in [6.45, 7) is 5.83. The Morgan fingerprint density at radius 2 is 1.91 bits per heavy atom. The second-order valence-corrected chi connectivity index (χ2v) is 6.06. The molecular weight excluding hydrogens is 282 g/mol. The Kier molecular flexibility index (Phi) is 5.02. The lowest BCUT2D eigenvalue weighted by Crippen LogP contribution is -2.41. The van der Waals surface area contributed by atoms with Crippen LogP contribution < -0.4 is 0 Å². The lowest BCUT2D eigenvalue weighted by molar-refractivity contribution is 0.0264. The van der Waals surface area contributed by atoms with Gasteiger partial charge in [-0.3, -0.25) is 14.7 Å². The van der Waals surface area contributed by atoms with Gasteiger partial charge in [0.1, 0.15) is 0 Å². The van der Waals surface area contributed by atoms with Crippen molar-refractivity contribution in [2.45, 2.75) is 0 Å². The minimum Gasteiger partial charge on any atom is -0.396 e. The Balaban J connectivity index is 1.62. The summed E-state index contributed by atoms with van der Waals surface area (Å²) in [5.41, 5.74) is 0.665. The third-order valence-corrected chi connectivity index (χ3v) is 4.62. The van der Waals surface area contributed by atoms with E-state index in [2.05, 4.69) is 9.88 Å². The maximum atomic E-state index is 12.5. The molecule has 2 atom stereocenters. The smallest absolute Gasteiger partial charge is 0.253 e. The van der Waals surface area contributed by atoms with E-state index in [0.717, 1.165) is 32.8 Å². The first-order valence-electron chi connectivity index (χ1n) is 7.88. The molecule has 22 heavy (non-hydrogen) atoms. The maximum absolute atomic E-state index is 12.5. The second kappa shape index (κ2) is 7.17. The average molecular weight is 305 g/mol. The summed E-state index contributed by atoms with van der Waals surface area (Å²) in [7, 11) is 0. The number of hydrogen-bond acceptors (Lipinski definition) is 5. The van der Waals surface area contributed by atoms with Crippen LogP contribution in [0.2, 0.25) is 0 Å². The minimum absolute atomic E-state index is 0.0327. The SMILES string of the molecule is O=C(c1ccncc1)N1C[C@@H](CO)[C@@H](CN2CCOCC2)C1. The first kappa shape index (κ1) is 15.4. The van der Waals surface area contributed by atoms with Gasteiger partial charge in [-0.05, 0) is 18.1 Å². The number of likely N-dealkylation sites (tertiary alicyclic amines) is 1. The third kappa shape index (κ3) is 3.45. The Hall–Kier alpha value is -1.50. The normalized spacial score (nSPS) is 26.3. The average Bonchev–Trinajstić information content (AvgIpc) is 2.99. The van der Waals surface area contributed by atoms with E-state index >= 15 is 0 Å². The molecule has 0 aromatic carbocycles. The number of pyridine rings is 1. The van der Waals surface area contributed by atoms with Crippen molar-refractivity contribution < 1.29 is 14.6 Å². The largest absolute Gasteiger partial charge is 0.396 e. The molecule has 0 spiro atoms. The molecule has 2 saturated heterocycles. The number of rotatable bonds is 4. The lowest BCUT2D eigenvalue weighted by Gasteiger charge is -2.30. The van der Waals surface area contributed by atoms with E-state index < -0.39 is 0 Å². The molecule has 1 aromatic heterocycles. The molecule has 1 N–H and O–H groups in total. The van der Waals surface area contributed by atoms with Crippen LogP contribution in [0.15, 0.2) is 24.5 Å². The van der Waals surface area contributed by atoms with Gasteiger partial charge in [-0.2, -0.15) is 0 Å². The Morgan fingerprint density at radius 1 is 1.23 bits per heavy atom. The van der Waals surface area contributed by atoms with E-state index in [1.165, 1.54) is 0 Å². The van der Waals surface area contributed by atoms with Gasteiger partial charge in [0.25, 0.3) is 5.91 Å². The van der Waals surface area contributed by atoms with Crippen molar-refractivity contribution in [1.29, 1.82) is 0 Å². The Bertz CT molecular complexity index is 491. The van der Waals surface area contributed by atoms with Crippen LogP contribution in [0.3, 0.4) is 0 Å². The second-order valence-electron chi connectivity index (χ2n) is 6.06. The van der Waals surface area contributed by atoms with Crippen molar-refractivity contribution in [2.75, 3.05) is 52.5 Å². The first-order chi connectivity index (χ1) is 10.8. The number of aromatic nitrogens is 1. The van der Waals surface area contributed by atoms with Gasteiger partial charge in [0.2, 0.25) is 0 Å².